The molecule has 4 rings (SSSR count). The predicted octanol–water partition coefficient (Wildman–Crippen LogP) is 8.51. The van der Waals surface area contributed by atoms with E-state index in [4.69, 9.17) is 14.2 Å². The van der Waals surface area contributed by atoms with Crippen molar-refractivity contribution >= 4 is 0 Å². The van der Waals surface area contributed by atoms with Crippen LogP contribution < -0.4 is 14.2 Å². The third-order valence-corrected chi connectivity index (χ3v) is 5.82. The molecule has 0 aliphatic heterocycles. The van der Waals surface area contributed by atoms with Crippen molar-refractivity contribution in [2.24, 2.45) is 0 Å². The molecule has 0 N–H and O–H groups in total. The van der Waals surface area contributed by atoms with Gasteiger partial charge in [0.25, 0.3) is 0 Å². The largest absolute Gasteiger partial charge is 0.494 e. The van der Waals surface area contributed by atoms with Crippen LogP contribution >= 0.6 is 0 Å². The molecule has 3 nitrogen and oxygen atoms in total. The molecule has 0 saturated heterocycles. The summed E-state index contributed by atoms with van der Waals surface area (Å²) >= 11 is 0. The van der Waals surface area contributed by atoms with E-state index in [-0.39, 0.29) is 35.7 Å². The maximum absolute atomic E-state index is 14.8. The summed E-state index contributed by atoms with van der Waals surface area (Å²) in [5, 5.41) is 0. The molecule has 0 bridgehead atoms. The van der Waals surface area contributed by atoms with Crippen molar-refractivity contribution in [1.82, 2.24) is 0 Å². The van der Waals surface area contributed by atoms with E-state index in [1.54, 1.807) is 54.6 Å². The van der Waals surface area contributed by atoms with E-state index in [9.17, 15) is 17.6 Å². The molecule has 4 aromatic carbocycles. The summed E-state index contributed by atoms with van der Waals surface area (Å²) in [5.41, 5.74) is 1.17. The van der Waals surface area contributed by atoms with Gasteiger partial charge in [-0.1, -0.05) is 42.5 Å². The Morgan fingerprint density at radius 2 is 1.18 bits per heavy atom. The monoisotopic (exact) mass is 522 g/mol. The maximum atomic E-state index is 14.8. The number of ether oxygens (including phenoxy) is 3. The number of hydrogen-bond donors (Lipinski definition) is 0. The molecule has 196 valence electrons. The summed E-state index contributed by atoms with van der Waals surface area (Å²) in [7, 11) is 0. The lowest BCUT2D eigenvalue weighted by molar-refractivity contribution is 0.297. The van der Waals surface area contributed by atoms with Crippen LogP contribution in [0.2, 0.25) is 0 Å². The SMILES string of the molecule is C=CCCOc1ccc(-c2ccc(OCc3ccc(-c4ccc(OCC)cc4)c(F)c3F)cc2)c(F)c1F. The number of rotatable bonds is 11. The zero-order valence-corrected chi connectivity index (χ0v) is 20.8. The van der Waals surface area contributed by atoms with Gasteiger partial charge in [-0.25, -0.2) is 13.2 Å². The lowest BCUT2D eigenvalue weighted by atomic mass is 10.0. The first-order valence-electron chi connectivity index (χ1n) is 12.1. The Morgan fingerprint density at radius 1 is 0.632 bits per heavy atom. The van der Waals surface area contributed by atoms with Gasteiger partial charge in [-0.15, -0.1) is 6.58 Å². The molecule has 0 aliphatic rings. The zero-order valence-electron chi connectivity index (χ0n) is 20.8. The maximum Gasteiger partial charge on any atom is 0.201 e. The van der Waals surface area contributed by atoms with E-state index in [1.165, 1.54) is 24.3 Å². The van der Waals surface area contributed by atoms with E-state index in [0.717, 1.165) is 0 Å². The molecule has 7 heteroatoms. The van der Waals surface area contributed by atoms with Crippen molar-refractivity contribution < 1.29 is 31.8 Å². The van der Waals surface area contributed by atoms with Crippen LogP contribution in [0.3, 0.4) is 0 Å². The van der Waals surface area contributed by atoms with Crippen molar-refractivity contribution in [2.45, 2.75) is 20.0 Å². The minimum absolute atomic E-state index is 0.0430. The Hall–Kier alpha value is -4.26. The summed E-state index contributed by atoms with van der Waals surface area (Å²) in [6, 6.07) is 18.7. The second-order valence-corrected chi connectivity index (χ2v) is 8.34. The Kier molecular flexibility index (Phi) is 8.69. The van der Waals surface area contributed by atoms with Crippen LogP contribution in [-0.4, -0.2) is 13.2 Å². The highest BCUT2D eigenvalue weighted by atomic mass is 19.2. The molecule has 0 radical (unpaired) electrons. The molecule has 38 heavy (non-hydrogen) atoms. The quantitative estimate of drug-likeness (QED) is 0.112. The summed E-state index contributed by atoms with van der Waals surface area (Å²) in [4.78, 5) is 0. The summed E-state index contributed by atoms with van der Waals surface area (Å²) in [6.07, 6.45) is 2.13. The average Bonchev–Trinajstić information content (AvgIpc) is 2.93. The summed E-state index contributed by atoms with van der Waals surface area (Å²) in [6.45, 7) is 5.90. The van der Waals surface area contributed by atoms with Gasteiger partial charge in [0.1, 0.15) is 18.1 Å². The van der Waals surface area contributed by atoms with Crippen LogP contribution in [0.4, 0.5) is 17.6 Å². The van der Waals surface area contributed by atoms with E-state index >= 15 is 0 Å². The molecule has 0 amide bonds. The van der Waals surface area contributed by atoms with E-state index in [0.29, 0.717) is 35.7 Å². The highest BCUT2D eigenvalue weighted by Gasteiger charge is 2.17. The fourth-order valence-corrected chi connectivity index (χ4v) is 3.83. The molecule has 0 heterocycles. The van der Waals surface area contributed by atoms with Crippen molar-refractivity contribution in [3.63, 3.8) is 0 Å². The first-order valence-corrected chi connectivity index (χ1v) is 12.1. The molecule has 0 fully saturated rings. The topological polar surface area (TPSA) is 27.7 Å². The van der Waals surface area contributed by atoms with Gasteiger partial charge in [0, 0.05) is 16.7 Å². The average molecular weight is 523 g/mol. The molecule has 0 spiro atoms. The molecule has 0 aliphatic carbocycles. The number of hydrogen-bond acceptors (Lipinski definition) is 3. The lowest BCUT2D eigenvalue weighted by Crippen LogP contribution is -2.02. The highest BCUT2D eigenvalue weighted by molar-refractivity contribution is 5.67. The first kappa shape index (κ1) is 26.8. The van der Waals surface area contributed by atoms with Crippen LogP contribution in [0.1, 0.15) is 18.9 Å². The van der Waals surface area contributed by atoms with Crippen molar-refractivity contribution in [2.75, 3.05) is 13.2 Å². The van der Waals surface area contributed by atoms with Gasteiger partial charge >= 0.3 is 0 Å². The molecule has 0 unspecified atom stereocenters. The van der Waals surface area contributed by atoms with Gasteiger partial charge in [0.05, 0.1) is 13.2 Å². The minimum Gasteiger partial charge on any atom is -0.494 e. The van der Waals surface area contributed by atoms with Gasteiger partial charge in [0.15, 0.2) is 23.2 Å². The Bertz CT molecular complexity index is 1400. The first-order chi connectivity index (χ1) is 18.4. The van der Waals surface area contributed by atoms with Crippen molar-refractivity contribution in [1.29, 1.82) is 0 Å². The molecule has 0 atom stereocenters. The molecular weight excluding hydrogens is 496 g/mol. The van der Waals surface area contributed by atoms with Gasteiger partial charge < -0.3 is 14.2 Å². The molecule has 0 saturated carbocycles. The van der Waals surface area contributed by atoms with Gasteiger partial charge in [-0.2, -0.15) is 4.39 Å². The Morgan fingerprint density at radius 3 is 1.76 bits per heavy atom. The summed E-state index contributed by atoms with van der Waals surface area (Å²) < 4.78 is 74.8. The van der Waals surface area contributed by atoms with Gasteiger partial charge in [0.2, 0.25) is 5.82 Å². The number of benzene rings is 4. The fraction of sp³-hybridized carbons (Fsp3) is 0.161. The van der Waals surface area contributed by atoms with Crippen molar-refractivity contribution in [3.05, 3.63) is 114 Å². The van der Waals surface area contributed by atoms with E-state index < -0.39 is 23.3 Å². The van der Waals surface area contributed by atoms with Crippen LogP contribution in [0, 0.1) is 23.3 Å². The molecule has 4 aromatic rings. The second-order valence-electron chi connectivity index (χ2n) is 8.34. The second kappa shape index (κ2) is 12.3. The van der Waals surface area contributed by atoms with Crippen LogP contribution in [0.5, 0.6) is 17.2 Å². The Labute approximate surface area is 218 Å². The fourth-order valence-electron chi connectivity index (χ4n) is 3.83. The van der Waals surface area contributed by atoms with E-state index in [1.807, 2.05) is 6.92 Å². The highest BCUT2D eigenvalue weighted by Crippen LogP contribution is 2.32. The standard InChI is InChI=1S/C31H26F4O3/c1-3-5-18-37-27-17-16-26(30(34)31(27)35)21-8-13-24(14-9-21)38-19-22-10-15-25(29(33)28(22)32)20-6-11-23(12-7-20)36-4-2/h3,6-17H,1,4-5,18-19H2,2H3. The number of halogens is 4. The van der Waals surface area contributed by atoms with Gasteiger partial charge in [-0.3, -0.25) is 0 Å². The van der Waals surface area contributed by atoms with Crippen LogP contribution in [0.25, 0.3) is 22.3 Å². The molecule has 0 aromatic heterocycles. The van der Waals surface area contributed by atoms with Gasteiger partial charge in [-0.05, 0) is 60.9 Å². The predicted molar refractivity (Wildman–Crippen MR) is 139 cm³/mol. The third-order valence-electron chi connectivity index (χ3n) is 5.82. The normalized spacial score (nSPS) is 10.8. The van der Waals surface area contributed by atoms with Crippen LogP contribution in [0.15, 0.2) is 85.5 Å². The minimum atomic E-state index is -1.07. The Balaban J connectivity index is 1.44. The molecular formula is C31H26F4O3. The zero-order chi connectivity index (χ0) is 27.1. The van der Waals surface area contributed by atoms with Crippen LogP contribution in [-0.2, 0) is 6.61 Å². The smallest absolute Gasteiger partial charge is 0.201 e. The lowest BCUT2D eigenvalue weighted by Gasteiger charge is -2.12. The van der Waals surface area contributed by atoms with E-state index in [2.05, 4.69) is 6.58 Å². The summed E-state index contributed by atoms with van der Waals surface area (Å²) in [5.74, 6) is -3.24. The third kappa shape index (κ3) is 5.99. The van der Waals surface area contributed by atoms with Crippen molar-refractivity contribution in [3.8, 4) is 39.5 Å².